The quantitative estimate of drug-likeness (QED) is 0.730. The fourth-order valence-corrected chi connectivity index (χ4v) is 3.55. The largest absolute Gasteiger partial charge is 0.462 e. The van der Waals surface area contributed by atoms with Gasteiger partial charge in [0.1, 0.15) is 11.4 Å². The lowest BCUT2D eigenvalue weighted by Gasteiger charge is -2.31. The summed E-state index contributed by atoms with van der Waals surface area (Å²) in [6.45, 7) is 5.43. The van der Waals surface area contributed by atoms with E-state index in [-0.39, 0.29) is 0 Å². The van der Waals surface area contributed by atoms with Crippen LogP contribution >= 0.6 is 0 Å². The van der Waals surface area contributed by atoms with Crippen LogP contribution in [-0.4, -0.2) is 57.0 Å². The average molecular weight is 374 g/mol. The van der Waals surface area contributed by atoms with Gasteiger partial charge < -0.3 is 19.9 Å². The summed E-state index contributed by atoms with van der Waals surface area (Å²) in [7, 11) is 0. The smallest absolute Gasteiger partial charge is 0.343 e. The number of anilines is 1. The summed E-state index contributed by atoms with van der Waals surface area (Å²) in [5.74, 6) is 2.36. The van der Waals surface area contributed by atoms with Crippen LogP contribution in [0.3, 0.4) is 0 Å². The second-order valence-electron chi connectivity index (χ2n) is 7.29. The Balaban J connectivity index is 1.33. The molecule has 0 bridgehead atoms. The highest BCUT2D eigenvalue weighted by Gasteiger charge is 2.32. The molecule has 0 amide bonds. The number of hydrogen-bond acceptors (Lipinski definition) is 8. The number of esters is 1. The fraction of sp³-hybridized carbons (Fsp3) is 0.667. The van der Waals surface area contributed by atoms with Crippen LogP contribution in [0.1, 0.15) is 66.5 Å². The number of piperidine rings is 1. The van der Waals surface area contributed by atoms with E-state index in [1.54, 1.807) is 11.6 Å². The molecule has 2 aliphatic rings. The maximum absolute atomic E-state index is 11.9. The molecule has 0 spiro atoms. The Morgan fingerprint density at radius 1 is 1.33 bits per heavy atom. The molecule has 27 heavy (non-hydrogen) atoms. The topological polar surface area (TPSA) is 112 Å². The number of carbonyl (C=O) groups is 1. The first-order valence-electron chi connectivity index (χ1n) is 9.70. The Morgan fingerprint density at radius 2 is 2.19 bits per heavy atom. The molecule has 1 atom stereocenters. The van der Waals surface area contributed by atoms with E-state index in [0.29, 0.717) is 36.4 Å². The lowest BCUT2D eigenvalue weighted by Crippen LogP contribution is -2.37. The number of nitrogens with zero attached hydrogens (tertiary/aromatic N) is 5. The van der Waals surface area contributed by atoms with Gasteiger partial charge >= 0.3 is 5.97 Å². The number of likely N-dealkylation sites (tertiary alicyclic amines) is 1. The SMILES string of the molecule is CCOC(=O)c1cnn(CCN2CCC[C@H](c3noc(C4CC4)n3)C2)c1N. The summed E-state index contributed by atoms with van der Waals surface area (Å²) in [6.07, 6.45) is 5.98. The molecule has 9 heteroatoms. The first kappa shape index (κ1) is 18.0. The standard InChI is InChI=1S/C18H26N6O3/c1-2-26-18(25)14-10-20-24(15(14)19)9-8-23-7-3-4-13(11-23)16-21-17(27-22-16)12-5-6-12/h10,12-13H,2-9,11,19H2,1H3/t13-/m0/s1. The van der Waals surface area contributed by atoms with Gasteiger partial charge in [-0.05, 0) is 39.2 Å². The Kier molecular flexibility index (Phi) is 5.11. The van der Waals surface area contributed by atoms with E-state index in [0.717, 1.165) is 57.0 Å². The number of hydrogen-bond donors (Lipinski definition) is 1. The van der Waals surface area contributed by atoms with Gasteiger partial charge in [-0.1, -0.05) is 5.16 Å². The van der Waals surface area contributed by atoms with Crippen molar-refractivity contribution in [2.45, 2.75) is 51.0 Å². The molecular weight excluding hydrogens is 348 g/mol. The van der Waals surface area contributed by atoms with Crippen molar-refractivity contribution < 1.29 is 14.1 Å². The van der Waals surface area contributed by atoms with E-state index in [1.165, 1.54) is 6.20 Å². The Morgan fingerprint density at radius 3 is 2.96 bits per heavy atom. The first-order valence-corrected chi connectivity index (χ1v) is 9.70. The molecular formula is C18H26N6O3. The maximum atomic E-state index is 11.9. The molecule has 9 nitrogen and oxygen atoms in total. The van der Waals surface area contributed by atoms with Crippen LogP contribution in [-0.2, 0) is 11.3 Å². The number of rotatable bonds is 7. The van der Waals surface area contributed by atoms with Gasteiger partial charge in [0.05, 0.1) is 19.3 Å². The third-order valence-corrected chi connectivity index (χ3v) is 5.26. The van der Waals surface area contributed by atoms with Gasteiger partial charge in [-0.2, -0.15) is 10.1 Å². The molecule has 2 aromatic rings. The highest BCUT2D eigenvalue weighted by atomic mass is 16.5. The molecule has 2 N–H and O–H groups in total. The van der Waals surface area contributed by atoms with Crippen molar-refractivity contribution in [3.63, 3.8) is 0 Å². The van der Waals surface area contributed by atoms with Gasteiger partial charge in [-0.15, -0.1) is 0 Å². The highest BCUT2D eigenvalue weighted by Crippen LogP contribution is 2.39. The minimum atomic E-state index is -0.428. The normalized spacial score (nSPS) is 20.7. The summed E-state index contributed by atoms with van der Waals surface area (Å²) in [4.78, 5) is 18.8. The molecule has 1 aliphatic carbocycles. The lowest BCUT2D eigenvalue weighted by molar-refractivity contribution is 0.0527. The molecule has 146 valence electrons. The van der Waals surface area contributed by atoms with E-state index >= 15 is 0 Å². The number of nitrogen functional groups attached to an aromatic ring is 1. The zero-order chi connectivity index (χ0) is 18.8. The number of carbonyl (C=O) groups excluding carboxylic acids is 1. The monoisotopic (exact) mass is 374 g/mol. The van der Waals surface area contributed by atoms with E-state index in [9.17, 15) is 4.79 Å². The Hall–Kier alpha value is -2.42. The van der Waals surface area contributed by atoms with Gasteiger partial charge in [0.15, 0.2) is 5.82 Å². The van der Waals surface area contributed by atoms with E-state index in [2.05, 4.69) is 20.1 Å². The van der Waals surface area contributed by atoms with Crippen LogP contribution in [0, 0.1) is 0 Å². The van der Waals surface area contributed by atoms with Crippen molar-refractivity contribution in [2.75, 3.05) is 32.0 Å². The van der Waals surface area contributed by atoms with E-state index in [4.69, 9.17) is 15.0 Å². The van der Waals surface area contributed by atoms with Gasteiger partial charge in [-0.3, -0.25) is 0 Å². The lowest BCUT2D eigenvalue weighted by atomic mass is 9.97. The fourth-order valence-electron chi connectivity index (χ4n) is 3.55. The molecule has 4 rings (SSSR count). The minimum Gasteiger partial charge on any atom is -0.462 e. The molecule has 0 radical (unpaired) electrons. The molecule has 0 aromatic carbocycles. The van der Waals surface area contributed by atoms with Crippen molar-refractivity contribution in [3.05, 3.63) is 23.5 Å². The van der Waals surface area contributed by atoms with Crippen molar-refractivity contribution in [1.82, 2.24) is 24.8 Å². The summed E-state index contributed by atoms with van der Waals surface area (Å²) in [5, 5.41) is 8.44. The Labute approximate surface area is 157 Å². The second-order valence-corrected chi connectivity index (χ2v) is 7.29. The molecule has 3 heterocycles. The minimum absolute atomic E-state index is 0.306. The van der Waals surface area contributed by atoms with Gasteiger partial charge in [0.2, 0.25) is 5.89 Å². The van der Waals surface area contributed by atoms with Crippen molar-refractivity contribution in [1.29, 1.82) is 0 Å². The van der Waals surface area contributed by atoms with Gasteiger partial charge in [-0.25, -0.2) is 9.48 Å². The molecule has 0 unspecified atom stereocenters. The summed E-state index contributed by atoms with van der Waals surface area (Å²) in [5.41, 5.74) is 6.38. The second kappa shape index (κ2) is 7.67. The van der Waals surface area contributed by atoms with Gasteiger partial charge in [0.25, 0.3) is 0 Å². The van der Waals surface area contributed by atoms with Crippen LogP contribution in [0.25, 0.3) is 0 Å². The number of ether oxygens (including phenoxy) is 1. The third kappa shape index (κ3) is 3.97. The number of aromatic nitrogens is 4. The summed E-state index contributed by atoms with van der Waals surface area (Å²) < 4.78 is 12.1. The third-order valence-electron chi connectivity index (χ3n) is 5.26. The zero-order valence-electron chi connectivity index (χ0n) is 15.6. The molecule has 1 saturated carbocycles. The summed E-state index contributed by atoms with van der Waals surface area (Å²) in [6, 6.07) is 0. The zero-order valence-corrected chi connectivity index (χ0v) is 15.6. The maximum Gasteiger partial charge on any atom is 0.343 e. The van der Waals surface area contributed by atoms with E-state index in [1.807, 2.05) is 0 Å². The summed E-state index contributed by atoms with van der Waals surface area (Å²) >= 11 is 0. The molecule has 1 aliphatic heterocycles. The first-order chi connectivity index (χ1) is 13.2. The number of nitrogens with two attached hydrogens (primary N) is 1. The van der Waals surface area contributed by atoms with Crippen molar-refractivity contribution >= 4 is 11.8 Å². The molecule has 2 aromatic heterocycles. The van der Waals surface area contributed by atoms with Gasteiger partial charge in [0, 0.05) is 24.9 Å². The van der Waals surface area contributed by atoms with Crippen LogP contribution < -0.4 is 5.73 Å². The predicted octanol–water partition coefficient (Wildman–Crippen LogP) is 1.78. The van der Waals surface area contributed by atoms with Crippen LogP contribution in [0.2, 0.25) is 0 Å². The van der Waals surface area contributed by atoms with Crippen molar-refractivity contribution in [3.8, 4) is 0 Å². The molecule has 1 saturated heterocycles. The van der Waals surface area contributed by atoms with Crippen LogP contribution in [0.15, 0.2) is 10.7 Å². The van der Waals surface area contributed by atoms with Crippen molar-refractivity contribution in [2.24, 2.45) is 0 Å². The Bertz CT molecular complexity index is 797. The predicted molar refractivity (Wildman–Crippen MR) is 97.3 cm³/mol. The average Bonchev–Trinajstić information content (AvgIpc) is 3.28. The van der Waals surface area contributed by atoms with Crippen LogP contribution in [0.4, 0.5) is 5.82 Å². The molecule has 2 fully saturated rings. The highest BCUT2D eigenvalue weighted by molar-refractivity contribution is 5.93. The van der Waals surface area contributed by atoms with Crippen LogP contribution in [0.5, 0.6) is 0 Å². The van der Waals surface area contributed by atoms with E-state index < -0.39 is 5.97 Å².